The van der Waals surface area contributed by atoms with Gasteiger partial charge < -0.3 is 15.5 Å². The number of hydrogen-bond acceptors (Lipinski definition) is 4. The standard InChI is InChI=1S/C18H23FN2O3S.H2O/c1-25(22,23)21-11-3-10-20-13-15-6-8-18(9-7-15)24-14-16-4-2-5-17(19)12-16;/h2,4-9,12,20-21H,3,10-11,13-14H2,1H3;1H2. The van der Waals surface area contributed by atoms with Crippen molar-refractivity contribution in [3.8, 4) is 5.75 Å². The van der Waals surface area contributed by atoms with Crippen molar-refractivity contribution >= 4 is 10.0 Å². The van der Waals surface area contributed by atoms with Gasteiger partial charge in [0.1, 0.15) is 18.2 Å². The molecule has 6 nitrogen and oxygen atoms in total. The van der Waals surface area contributed by atoms with Crippen molar-refractivity contribution in [2.45, 2.75) is 19.6 Å². The van der Waals surface area contributed by atoms with E-state index in [1.54, 1.807) is 6.07 Å². The Hall–Kier alpha value is -2.00. The van der Waals surface area contributed by atoms with Gasteiger partial charge in [0.15, 0.2) is 0 Å². The molecule has 0 amide bonds. The van der Waals surface area contributed by atoms with Crippen LogP contribution in [0.4, 0.5) is 4.39 Å². The summed E-state index contributed by atoms with van der Waals surface area (Å²) >= 11 is 0. The van der Waals surface area contributed by atoms with Crippen molar-refractivity contribution in [2.75, 3.05) is 19.3 Å². The number of sulfonamides is 1. The predicted molar refractivity (Wildman–Crippen MR) is 100.0 cm³/mol. The number of benzene rings is 2. The van der Waals surface area contributed by atoms with Crippen LogP contribution in [-0.2, 0) is 23.2 Å². The van der Waals surface area contributed by atoms with Crippen molar-refractivity contribution in [1.29, 1.82) is 0 Å². The summed E-state index contributed by atoms with van der Waals surface area (Å²) in [5.41, 5.74) is 1.89. The first-order valence-corrected chi connectivity index (χ1v) is 9.93. The molecule has 0 aromatic heterocycles. The quantitative estimate of drug-likeness (QED) is 0.608. The Labute approximate surface area is 153 Å². The summed E-state index contributed by atoms with van der Waals surface area (Å²) in [4.78, 5) is 0. The number of nitrogens with one attached hydrogen (secondary N) is 2. The van der Waals surface area contributed by atoms with E-state index in [1.807, 2.05) is 30.3 Å². The molecule has 0 saturated heterocycles. The average molecular weight is 384 g/mol. The molecule has 0 radical (unpaired) electrons. The second-order valence-corrected chi connectivity index (χ2v) is 7.59. The minimum absolute atomic E-state index is 0. The van der Waals surface area contributed by atoms with E-state index in [0.717, 1.165) is 36.1 Å². The third-order valence-corrected chi connectivity index (χ3v) is 4.17. The molecular formula is C18H25FN2O4S. The van der Waals surface area contributed by atoms with E-state index < -0.39 is 10.0 Å². The van der Waals surface area contributed by atoms with Gasteiger partial charge in [0.05, 0.1) is 6.26 Å². The summed E-state index contributed by atoms with van der Waals surface area (Å²) in [5.74, 6) is 0.458. The van der Waals surface area contributed by atoms with E-state index in [9.17, 15) is 12.8 Å². The zero-order chi connectivity index (χ0) is 18.1. The third kappa shape index (κ3) is 8.91. The van der Waals surface area contributed by atoms with Crippen molar-refractivity contribution in [3.63, 3.8) is 0 Å². The summed E-state index contributed by atoms with van der Waals surface area (Å²) in [6, 6.07) is 14.0. The monoisotopic (exact) mass is 384 g/mol. The normalized spacial score (nSPS) is 11.0. The van der Waals surface area contributed by atoms with E-state index >= 15 is 0 Å². The molecule has 26 heavy (non-hydrogen) atoms. The Morgan fingerprint density at radius 1 is 1.04 bits per heavy atom. The summed E-state index contributed by atoms with van der Waals surface area (Å²) in [5, 5.41) is 3.25. The zero-order valence-electron chi connectivity index (χ0n) is 14.7. The highest BCUT2D eigenvalue weighted by molar-refractivity contribution is 7.88. The van der Waals surface area contributed by atoms with Gasteiger partial charge in [-0.2, -0.15) is 0 Å². The van der Waals surface area contributed by atoms with Gasteiger partial charge >= 0.3 is 0 Å². The van der Waals surface area contributed by atoms with Crippen LogP contribution in [0.25, 0.3) is 0 Å². The number of rotatable bonds is 10. The van der Waals surface area contributed by atoms with E-state index in [4.69, 9.17) is 4.74 Å². The first-order valence-electron chi connectivity index (χ1n) is 8.04. The lowest BCUT2D eigenvalue weighted by molar-refractivity contribution is 0.305. The molecular weight excluding hydrogens is 359 g/mol. The smallest absolute Gasteiger partial charge is 0.208 e. The molecule has 0 fully saturated rings. The van der Waals surface area contributed by atoms with Crippen LogP contribution < -0.4 is 14.8 Å². The van der Waals surface area contributed by atoms with Crippen LogP contribution in [0.15, 0.2) is 48.5 Å². The van der Waals surface area contributed by atoms with Gasteiger partial charge in [-0.15, -0.1) is 0 Å². The molecule has 2 rings (SSSR count). The Bertz CT molecular complexity index is 767. The number of ether oxygens (including phenoxy) is 1. The zero-order valence-corrected chi connectivity index (χ0v) is 15.5. The van der Waals surface area contributed by atoms with Crippen molar-refractivity contribution in [1.82, 2.24) is 10.0 Å². The van der Waals surface area contributed by atoms with Gasteiger partial charge in [-0.05, 0) is 48.4 Å². The van der Waals surface area contributed by atoms with E-state index in [0.29, 0.717) is 19.7 Å². The lowest BCUT2D eigenvalue weighted by Crippen LogP contribution is -2.26. The lowest BCUT2D eigenvalue weighted by Gasteiger charge is -2.08. The maximum absolute atomic E-state index is 13.1. The molecule has 0 unspecified atom stereocenters. The summed E-state index contributed by atoms with van der Waals surface area (Å²) in [6.07, 6.45) is 1.88. The van der Waals surface area contributed by atoms with Crippen LogP contribution >= 0.6 is 0 Å². The second-order valence-electron chi connectivity index (χ2n) is 5.76. The Balaban J connectivity index is 0.00000338. The van der Waals surface area contributed by atoms with Crippen LogP contribution in [0.3, 0.4) is 0 Å². The van der Waals surface area contributed by atoms with Gasteiger partial charge in [0, 0.05) is 13.1 Å². The summed E-state index contributed by atoms with van der Waals surface area (Å²) < 4.78 is 43.0. The molecule has 0 aliphatic heterocycles. The van der Waals surface area contributed by atoms with E-state index in [2.05, 4.69) is 10.0 Å². The van der Waals surface area contributed by atoms with E-state index in [1.165, 1.54) is 12.1 Å². The molecule has 0 spiro atoms. The molecule has 144 valence electrons. The SMILES string of the molecule is CS(=O)(=O)NCCCNCc1ccc(OCc2cccc(F)c2)cc1.O. The Kier molecular flexibility index (Phi) is 9.22. The minimum atomic E-state index is -3.11. The predicted octanol–water partition coefficient (Wildman–Crippen LogP) is 1.61. The highest BCUT2D eigenvalue weighted by Gasteiger charge is 2.00. The third-order valence-electron chi connectivity index (χ3n) is 3.44. The molecule has 8 heteroatoms. The van der Waals surface area contributed by atoms with Crippen molar-refractivity contribution in [2.24, 2.45) is 0 Å². The molecule has 0 heterocycles. The van der Waals surface area contributed by atoms with Crippen LogP contribution in [0.2, 0.25) is 0 Å². The molecule has 0 saturated carbocycles. The van der Waals surface area contributed by atoms with Crippen molar-refractivity contribution < 1.29 is 23.0 Å². The molecule has 0 aliphatic rings. The summed E-state index contributed by atoms with van der Waals surface area (Å²) in [7, 11) is -3.11. The topological polar surface area (TPSA) is 98.9 Å². The van der Waals surface area contributed by atoms with Crippen LogP contribution in [-0.4, -0.2) is 33.2 Å². The first-order chi connectivity index (χ1) is 11.9. The molecule has 0 atom stereocenters. The fraction of sp³-hybridized carbons (Fsp3) is 0.333. The molecule has 0 bridgehead atoms. The Morgan fingerprint density at radius 2 is 1.77 bits per heavy atom. The second kappa shape index (κ2) is 10.9. The highest BCUT2D eigenvalue weighted by atomic mass is 32.2. The van der Waals surface area contributed by atoms with Crippen LogP contribution in [0.1, 0.15) is 17.5 Å². The largest absolute Gasteiger partial charge is 0.489 e. The van der Waals surface area contributed by atoms with Gasteiger partial charge in [-0.1, -0.05) is 24.3 Å². The Morgan fingerprint density at radius 3 is 2.42 bits per heavy atom. The van der Waals surface area contributed by atoms with Gasteiger partial charge in [0.25, 0.3) is 0 Å². The van der Waals surface area contributed by atoms with Crippen molar-refractivity contribution in [3.05, 3.63) is 65.5 Å². The van der Waals surface area contributed by atoms with Gasteiger partial charge in [0.2, 0.25) is 10.0 Å². The lowest BCUT2D eigenvalue weighted by atomic mass is 10.2. The van der Waals surface area contributed by atoms with E-state index in [-0.39, 0.29) is 11.3 Å². The van der Waals surface area contributed by atoms with Gasteiger partial charge in [-0.25, -0.2) is 17.5 Å². The minimum Gasteiger partial charge on any atom is -0.489 e. The maximum atomic E-state index is 13.1. The molecule has 0 aliphatic carbocycles. The molecule has 4 N–H and O–H groups in total. The maximum Gasteiger partial charge on any atom is 0.208 e. The fourth-order valence-electron chi connectivity index (χ4n) is 2.20. The highest BCUT2D eigenvalue weighted by Crippen LogP contribution is 2.14. The fourth-order valence-corrected chi connectivity index (χ4v) is 2.72. The molecule has 2 aromatic rings. The van der Waals surface area contributed by atoms with Crippen LogP contribution in [0, 0.1) is 5.82 Å². The summed E-state index contributed by atoms with van der Waals surface area (Å²) in [6.45, 7) is 2.17. The van der Waals surface area contributed by atoms with Gasteiger partial charge in [-0.3, -0.25) is 0 Å². The number of halogens is 1. The average Bonchev–Trinajstić information content (AvgIpc) is 2.56. The van der Waals surface area contributed by atoms with Crippen LogP contribution in [0.5, 0.6) is 5.75 Å². The number of hydrogen-bond donors (Lipinski definition) is 2. The first kappa shape index (κ1) is 22.0. The molecule has 2 aromatic carbocycles.